The van der Waals surface area contributed by atoms with Gasteiger partial charge in [-0.25, -0.2) is 15.0 Å². The fraction of sp³-hybridized carbons (Fsp3) is 0.211. The van der Waals surface area contributed by atoms with Gasteiger partial charge in [-0.1, -0.05) is 91.0 Å². The van der Waals surface area contributed by atoms with Crippen LogP contribution in [0.15, 0.2) is 122 Å². The van der Waals surface area contributed by atoms with Gasteiger partial charge in [0.2, 0.25) is 0 Å². The first-order valence-corrected chi connectivity index (χ1v) is 16.0. The van der Waals surface area contributed by atoms with Crippen molar-refractivity contribution in [3.63, 3.8) is 0 Å². The second-order valence-corrected chi connectivity index (χ2v) is 11.7. The van der Waals surface area contributed by atoms with Crippen molar-refractivity contribution in [3.8, 4) is 11.5 Å². The van der Waals surface area contributed by atoms with E-state index in [2.05, 4.69) is 20.3 Å². The SMILES string of the molecule is COc1cccc(C(OC[C@H]2O[C@@H](n3cnc4c(NC(=O)c5ccccc5)ncnc43)[C@H](O)[C@@H]2O)(c2ccccc2)c2ccccc2)c1OC. The van der Waals surface area contributed by atoms with E-state index in [0.717, 1.165) is 11.1 Å². The lowest BCUT2D eigenvalue weighted by atomic mass is 9.79. The third-order valence-electron chi connectivity index (χ3n) is 8.85. The van der Waals surface area contributed by atoms with Crippen LogP contribution in [0.3, 0.4) is 0 Å². The number of carbonyl (C=O) groups is 1. The van der Waals surface area contributed by atoms with Crippen LogP contribution in [0.2, 0.25) is 0 Å². The van der Waals surface area contributed by atoms with Crippen molar-refractivity contribution in [3.05, 3.63) is 144 Å². The molecule has 3 heterocycles. The number of aliphatic hydroxyl groups excluding tert-OH is 2. The van der Waals surface area contributed by atoms with E-state index in [4.69, 9.17) is 18.9 Å². The minimum absolute atomic E-state index is 0.140. The number of para-hydroxylation sites is 1. The number of nitrogens with one attached hydrogen (secondary N) is 1. The lowest BCUT2D eigenvalue weighted by Crippen LogP contribution is -2.39. The predicted molar refractivity (Wildman–Crippen MR) is 184 cm³/mol. The zero-order valence-electron chi connectivity index (χ0n) is 27.3. The molecular formula is C38H35N5O7. The summed E-state index contributed by atoms with van der Waals surface area (Å²) in [4.78, 5) is 25.9. The van der Waals surface area contributed by atoms with Gasteiger partial charge < -0.3 is 34.5 Å². The number of fused-ring (bicyclic) bond motifs is 1. The topological polar surface area (TPSA) is 150 Å². The highest BCUT2D eigenvalue weighted by Gasteiger charge is 2.47. The fourth-order valence-corrected chi connectivity index (χ4v) is 6.43. The number of aliphatic hydroxyl groups is 2. The van der Waals surface area contributed by atoms with Crippen LogP contribution in [-0.2, 0) is 15.1 Å². The number of methoxy groups -OCH3 is 2. The molecule has 1 aliphatic heterocycles. The van der Waals surface area contributed by atoms with E-state index in [-0.39, 0.29) is 18.3 Å². The van der Waals surface area contributed by atoms with Crippen LogP contribution < -0.4 is 14.8 Å². The van der Waals surface area contributed by atoms with E-state index in [0.29, 0.717) is 33.8 Å². The number of amides is 1. The van der Waals surface area contributed by atoms with Gasteiger partial charge in [-0.2, -0.15) is 0 Å². The number of hydrogen-bond donors (Lipinski definition) is 3. The molecule has 6 aromatic rings. The summed E-state index contributed by atoms with van der Waals surface area (Å²) < 4.78 is 26.4. The molecule has 2 aromatic heterocycles. The van der Waals surface area contributed by atoms with Crippen LogP contribution in [0.4, 0.5) is 5.82 Å². The van der Waals surface area contributed by atoms with E-state index in [1.165, 1.54) is 17.2 Å². The van der Waals surface area contributed by atoms with Crippen molar-refractivity contribution < 1.29 is 34.0 Å². The van der Waals surface area contributed by atoms with Crippen LogP contribution in [0.1, 0.15) is 33.3 Å². The number of rotatable bonds is 11. The van der Waals surface area contributed by atoms with Crippen LogP contribution in [-0.4, -0.2) is 74.8 Å². The number of carbonyl (C=O) groups excluding carboxylic acids is 1. The summed E-state index contributed by atoms with van der Waals surface area (Å²) in [5, 5.41) is 25.5. The minimum Gasteiger partial charge on any atom is -0.493 e. The molecule has 0 radical (unpaired) electrons. The van der Waals surface area contributed by atoms with Crippen molar-refractivity contribution in [2.45, 2.75) is 30.1 Å². The number of benzene rings is 4. The molecule has 7 rings (SSSR count). The molecule has 0 bridgehead atoms. The zero-order valence-corrected chi connectivity index (χ0v) is 27.3. The number of nitrogens with zero attached hydrogens (tertiary/aromatic N) is 4. The minimum atomic E-state index is -1.37. The van der Waals surface area contributed by atoms with E-state index in [1.807, 2.05) is 84.9 Å². The maximum absolute atomic E-state index is 12.9. The monoisotopic (exact) mass is 673 g/mol. The Morgan fingerprint density at radius 2 is 1.48 bits per heavy atom. The third kappa shape index (κ3) is 5.84. The standard InChI is InChI=1S/C38H35N5O7/c1-47-28-20-12-19-27(33(28)48-2)38(25-15-8-4-9-16-25,26-17-10-5-11-18-26)49-21-29-31(44)32(45)37(50-29)43-23-41-30-34(39-22-40-35(30)43)42-36(46)24-13-6-3-7-14-24/h3-20,22-23,29,31-32,37,44-45H,21H2,1-2H3,(H,39,40,42,46)/t29-,31-,32-,37-/m1/s1. The molecule has 1 amide bonds. The predicted octanol–water partition coefficient (Wildman–Crippen LogP) is 4.72. The molecule has 4 atom stereocenters. The van der Waals surface area contributed by atoms with Crippen LogP contribution >= 0.6 is 0 Å². The van der Waals surface area contributed by atoms with Crippen molar-refractivity contribution >= 4 is 22.9 Å². The first-order chi connectivity index (χ1) is 24.5. The van der Waals surface area contributed by atoms with Gasteiger partial charge in [0, 0.05) is 11.1 Å². The molecule has 1 fully saturated rings. The Kier molecular flexibility index (Phi) is 9.24. The van der Waals surface area contributed by atoms with Gasteiger partial charge >= 0.3 is 0 Å². The molecular weight excluding hydrogens is 638 g/mol. The van der Waals surface area contributed by atoms with E-state index in [9.17, 15) is 15.0 Å². The van der Waals surface area contributed by atoms with Gasteiger partial charge in [0.25, 0.3) is 5.91 Å². The largest absolute Gasteiger partial charge is 0.493 e. The van der Waals surface area contributed by atoms with Crippen molar-refractivity contribution in [1.29, 1.82) is 0 Å². The molecule has 4 aromatic carbocycles. The lowest BCUT2D eigenvalue weighted by molar-refractivity contribution is -0.0946. The Labute approximate surface area is 287 Å². The second-order valence-electron chi connectivity index (χ2n) is 11.7. The van der Waals surface area contributed by atoms with Crippen molar-refractivity contribution in [2.24, 2.45) is 0 Å². The number of anilines is 1. The molecule has 0 aliphatic carbocycles. The lowest BCUT2D eigenvalue weighted by Gasteiger charge is -2.37. The van der Waals surface area contributed by atoms with Gasteiger partial charge in [0.15, 0.2) is 34.7 Å². The van der Waals surface area contributed by atoms with Gasteiger partial charge in [-0.3, -0.25) is 9.36 Å². The first-order valence-electron chi connectivity index (χ1n) is 16.0. The number of hydrogen-bond acceptors (Lipinski definition) is 10. The summed E-state index contributed by atoms with van der Waals surface area (Å²) in [6.07, 6.45) is -2.05. The summed E-state index contributed by atoms with van der Waals surface area (Å²) in [5.41, 5.74) is 2.05. The zero-order chi connectivity index (χ0) is 34.7. The molecule has 1 saturated heterocycles. The molecule has 12 heteroatoms. The Morgan fingerprint density at radius 3 is 2.12 bits per heavy atom. The molecule has 0 spiro atoms. The van der Waals surface area contributed by atoms with Crippen molar-refractivity contribution in [1.82, 2.24) is 19.5 Å². The second kappa shape index (κ2) is 14.1. The van der Waals surface area contributed by atoms with Crippen LogP contribution in [0.25, 0.3) is 11.2 Å². The Morgan fingerprint density at radius 1 is 0.820 bits per heavy atom. The maximum Gasteiger partial charge on any atom is 0.256 e. The molecule has 12 nitrogen and oxygen atoms in total. The number of aromatic nitrogens is 4. The van der Waals surface area contributed by atoms with Gasteiger partial charge in [-0.05, 0) is 29.3 Å². The highest BCUT2D eigenvalue weighted by atomic mass is 16.6. The van der Waals surface area contributed by atoms with Gasteiger partial charge in [-0.15, -0.1) is 0 Å². The maximum atomic E-state index is 12.9. The normalized spacial score (nSPS) is 19.0. The fourth-order valence-electron chi connectivity index (χ4n) is 6.43. The third-order valence-corrected chi connectivity index (χ3v) is 8.85. The highest BCUT2D eigenvalue weighted by molar-refractivity contribution is 6.06. The molecule has 3 N–H and O–H groups in total. The Bertz CT molecular complexity index is 2040. The molecule has 1 aliphatic rings. The van der Waals surface area contributed by atoms with Crippen molar-refractivity contribution in [2.75, 3.05) is 26.1 Å². The average Bonchev–Trinajstić information content (AvgIpc) is 3.73. The quantitative estimate of drug-likeness (QED) is 0.165. The molecule has 0 saturated carbocycles. The molecule has 50 heavy (non-hydrogen) atoms. The van der Waals surface area contributed by atoms with E-state index < -0.39 is 30.1 Å². The molecule has 0 unspecified atom stereocenters. The summed E-state index contributed by atoms with van der Waals surface area (Å²) in [6, 6.07) is 33.7. The Balaban J connectivity index is 1.22. The highest BCUT2D eigenvalue weighted by Crippen LogP contribution is 2.48. The first kappa shape index (κ1) is 32.9. The summed E-state index contributed by atoms with van der Waals surface area (Å²) in [7, 11) is 3.15. The summed E-state index contributed by atoms with van der Waals surface area (Å²) >= 11 is 0. The van der Waals surface area contributed by atoms with Gasteiger partial charge in [0.1, 0.15) is 30.2 Å². The van der Waals surface area contributed by atoms with Crippen LogP contribution in [0, 0.1) is 0 Å². The average molecular weight is 674 g/mol. The summed E-state index contributed by atoms with van der Waals surface area (Å²) in [6.45, 7) is -0.140. The van der Waals surface area contributed by atoms with Gasteiger partial charge in [0.05, 0.1) is 27.2 Å². The Hall–Kier alpha value is -5.66. The number of imidazole rings is 1. The smallest absolute Gasteiger partial charge is 0.256 e. The number of ether oxygens (including phenoxy) is 4. The van der Waals surface area contributed by atoms with E-state index in [1.54, 1.807) is 38.5 Å². The van der Waals surface area contributed by atoms with Crippen LogP contribution in [0.5, 0.6) is 11.5 Å². The molecule has 254 valence electrons. The van der Waals surface area contributed by atoms with E-state index >= 15 is 0 Å². The summed E-state index contributed by atoms with van der Waals surface area (Å²) in [5.74, 6) is 0.829.